The number of hydrogen-bond acceptors (Lipinski definition) is 6. The lowest BCUT2D eigenvalue weighted by Crippen LogP contribution is -2.16. The molecular formula is C26H18N2O5. The monoisotopic (exact) mass is 438 g/mol. The smallest absolute Gasteiger partial charge is 0.338 e. The van der Waals surface area contributed by atoms with Gasteiger partial charge in [-0.2, -0.15) is 5.10 Å². The Bertz CT molecular complexity index is 1530. The second kappa shape index (κ2) is 8.47. The van der Waals surface area contributed by atoms with E-state index in [1.807, 2.05) is 36.4 Å². The Morgan fingerprint density at radius 1 is 0.909 bits per heavy atom. The van der Waals surface area contributed by atoms with Crippen LogP contribution in [-0.4, -0.2) is 25.2 Å². The zero-order valence-corrected chi connectivity index (χ0v) is 17.6. The zero-order chi connectivity index (χ0) is 22.8. The highest BCUT2D eigenvalue weighted by molar-refractivity contribution is 6.08. The molecule has 3 aromatic carbocycles. The number of esters is 1. The lowest BCUT2D eigenvalue weighted by Gasteiger charge is -2.04. The quantitative estimate of drug-likeness (QED) is 0.225. The van der Waals surface area contributed by atoms with Gasteiger partial charge in [0.25, 0.3) is 0 Å². The van der Waals surface area contributed by atoms with Gasteiger partial charge in [-0.05, 0) is 41.1 Å². The number of benzene rings is 3. The van der Waals surface area contributed by atoms with E-state index in [4.69, 9.17) is 13.6 Å². The van der Waals surface area contributed by atoms with Crippen molar-refractivity contribution in [2.75, 3.05) is 7.11 Å². The molecule has 0 aliphatic carbocycles. The summed E-state index contributed by atoms with van der Waals surface area (Å²) < 4.78 is 16.3. The van der Waals surface area contributed by atoms with Crippen molar-refractivity contribution in [2.24, 2.45) is 5.10 Å². The van der Waals surface area contributed by atoms with Gasteiger partial charge in [-0.3, -0.25) is 4.79 Å². The lowest BCUT2D eigenvalue weighted by molar-refractivity contribution is 0.0601. The van der Waals surface area contributed by atoms with Crippen LogP contribution in [0.1, 0.15) is 26.7 Å². The molecule has 0 unspecified atom stereocenters. The van der Waals surface area contributed by atoms with E-state index in [1.165, 1.54) is 13.3 Å². The second-order valence-electron chi connectivity index (χ2n) is 7.25. The fraction of sp³-hybridized carbons (Fsp3) is 0.0385. The van der Waals surface area contributed by atoms with E-state index >= 15 is 0 Å². The fourth-order valence-electron chi connectivity index (χ4n) is 3.67. The Morgan fingerprint density at radius 3 is 2.61 bits per heavy atom. The van der Waals surface area contributed by atoms with Crippen molar-refractivity contribution in [3.8, 4) is 11.3 Å². The number of hydrazone groups is 1. The van der Waals surface area contributed by atoms with Gasteiger partial charge in [0.1, 0.15) is 17.1 Å². The third-order valence-corrected chi connectivity index (χ3v) is 5.23. The normalized spacial score (nSPS) is 11.3. The van der Waals surface area contributed by atoms with Crippen LogP contribution in [0, 0.1) is 0 Å². The maximum Gasteiger partial charge on any atom is 0.338 e. The van der Waals surface area contributed by atoms with Crippen LogP contribution in [-0.2, 0) is 4.74 Å². The summed E-state index contributed by atoms with van der Waals surface area (Å²) in [5, 5.41) is 6.90. The third-order valence-electron chi connectivity index (χ3n) is 5.23. The first-order valence-corrected chi connectivity index (χ1v) is 10.2. The number of carbonyl (C=O) groups is 2. The molecule has 0 radical (unpaired) electrons. The van der Waals surface area contributed by atoms with E-state index in [2.05, 4.69) is 10.5 Å². The molecular weight excluding hydrogens is 420 g/mol. The number of rotatable bonds is 5. The van der Waals surface area contributed by atoms with E-state index < -0.39 is 11.9 Å². The van der Waals surface area contributed by atoms with Crippen molar-refractivity contribution in [2.45, 2.75) is 0 Å². The first-order chi connectivity index (χ1) is 16.1. The fourth-order valence-corrected chi connectivity index (χ4v) is 3.67. The molecule has 0 saturated heterocycles. The molecule has 0 aliphatic rings. The summed E-state index contributed by atoms with van der Waals surface area (Å²) in [7, 11) is 1.33. The maximum atomic E-state index is 12.5. The van der Waals surface area contributed by atoms with Crippen LogP contribution < -0.4 is 5.43 Å². The standard InChI is InChI=1S/C26H18N2O5/c1-31-26(30)20-9-5-4-8-19(20)22-13-11-17(32-22)15-27-28-25(29)24-14-21-18-7-3-2-6-16(18)10-12-23(21)33-24/h2-15H,1H3,(H,28,29)/b27-15-. The molecule has 2 aromatic heterocycles. The van der Waals surface area contributed by atoms with E-state index in [0.29, 0.717) is 28.2 Å². The number of fused-ring (bicyclic) bond motifs is 3. The lowest BCUT2D eigenvalue weighted by atomic mass is 10.1. The van der Waals surface area contributed by atoms with Gasteiger partial charge in [0.05, 0.1) is 18.9 Å². The van der Waals surface area contributed by atoms with Crippen molar-refractivity contribution in [3.05, 3.63) is 95.9 Å². The number of nitrogens with one attached hydrogen (secondary N) is 1. The number of methoxy groups -OCH3 is 1. The van der Waals surface area contributed by atoms with Gasteiger partial charge >= 0.3 is 11.9 Å². The van der Waals surface area contributed by atoms with Gasteiger partial charge in [0.15, 0.2) is 5.76 Å². The molecule has 5 aromatic rings. The molecule has 162 valence electrons. The van der Waals surface area contributed by atoms with E-state index in [-0.39, 0.29) is 5.76 Å². The Balaban J connectivity index is 1.33. The number of nitrogens with zero attached hydrogens (tertiary/aromatic N) is 1. The summed E-state index contributed by atoms with van der Waals surface area (Å²) in [6.07, 6.45) is 1.38. The summed E-state index contributed by atoms with van der Waals surface area (Å²) in [5.74, 6) is 0.108. The molecule has 1 N–H and O–H groups in total. The van der Waals surface area contributed by atoms with Gasteiger partial charge in [0, 0.05) is 10.9 Å². The van der Waals surface area contributed by atoms with Gasteiger partial charge in [-0.15, -0.1) is 0 Å². The summed E-state index contributed by atoms with van der Waals surface area (Å²) >= 11 is 0. The highest BCUT2D eigenvalue weighted by Gasteiger charge is 2.16. The van der Waals surface area contributed by atoms with Crippen LogP contribution in [0.4, 0.5) is 0 Å². The highest BCUT2D eigenvalue weighted by Crippen LogP contribution is 2.28. The largest absolute Gasteiger partial charge is 0.465 e. The van der Waals surface area contributed by atoms with Crippen LogP contribution in [0.2, 0.25) is 0 Å². The number of ether oxygens (including phenoxy) is 1. The van der Waals surface area contributed by atoms with E-state index in [1.54, 1.807) is 42.5 Å². The van der Waals surface area contributed by atoms with Crippen molar-refractivity contribution in [1.29, 1.82) is 0 Å². The minimum absolute atomic E-state index is 0.158. The van der Waals surface area contributed by atoms with Crippen molar-refractivity contribution >= 4 is 39.8 Å². The van der Waals surface area contributed by atoms with E-state index in [0.717, 1.165) is 16.2 Å². The first kappa shape index (κ1) is 20.3. The Hall–Kier alpha value is -4.65. The molecule has 0 spiro atoms. The van der Waals surface area contributed by atoms with Gasteiger partial charge < -0.3 is 13.6 Å². The summed E-state index contributed by atoms with van der Waals surface area (Å²) in [6, 6.07) is 23.8. The number of amides is 1. The predicted octanol–water partition coefficient (Wildman–Crippen LogP) is 5.40. The Morgan fingerprint density at radius 2 is 1.73 bits per heavy atom. The zero-order valence-electron chi connectivity index (χ0n) is 17.6. The van der Waals surface area contributed by atoms with Gasteiger partial charge in [0.2, 0.25) is 0 Å². The summed E-state index contributed by atoms with van der Waals surface area (Å²) in [4.78, 5) is 24.5. The third kappa shape index (κ3) is 3.87. The molecule has 5 rings (SSSR count). The molecule has 33 heavy (non-hydrogen) atoms. The molecule has 2 heterocycles. The van der Waals surface area contributed by atoms with Crippen LogP contribution >= 0.6 is 0 Å². The average molecular weight is 438 g/mol. The first-order valence-electron chi connectivity index (χ1n) is 10.2. The topological polar surface area (TPSA) is 94.0 Å². The average Bonchev–Trinajstić information content (AvgIpc) is 3.51. The SMILES string of the molecule is COC(=O)c1ccccc1-c1ccc(/C=N\NC(=O)c2cc3c(ccc4ccccc43)o2)o1. The molecule has 1 amide bonds. The molecule has 0 fully saturated rings. The van der Waals surface area contributed by atoms with Crippen molar-refractivity contribution in [1.82, 2.24) is 5.43 Å². The summed E-state index contributed by atoms with van der Waals surface area (Å²) in [6.45, 7) is 0. The minimum atomic E-state index is -0.477. The number of furan rings is 2. The van der Waals surface area contributed by atoms with Gasteiger partial charge in [-0.1, -0.05) is 48.5 Å². The predicted molar refractivity (Wildman–Crippen MR) is 124 cm³/mol. The van der Waals surface area contributed by atoms with Crippen LogP contribution in [0.3, 0.4) is 0 Å². The van der Waals surface area contributed by atoms with Crippen molar-refractivity contribution in [3.63, 3.8) is 0 Å². The van der Waals surface area contributed by atoms with Crippen molar-refractivity contribution < 1.29 is 23.2 Å². The number of carbonyl (C=O) groups excluding carboxylic acids is 2. The van der Waals surface area contributed by atoms with E-state index in [9.17, 15) is 9.59 Å². The molecule has 0 bridgehead atoms. The molecule has 0 saturated carbocycles. The molecule has 7 heteroatoms. The summed E-state index contributed by atoms with van der Waals surface area (Å²) in [5.41, 5.74) is 4.07. The number of hydrogen-bond donors (Lipinski definition) is 1. The van der Waals surface area contributed by atoms with Crippen LogP contribution in [0.25, 0.3) is 33.1 Å². The van der Waals surface area contributed by atoms with Crippen LogP contribution in [0.15, 0.2) is 92.8 Å². The minimum Gasteiger partial charge on any atom is -0.465 e. The molecule has 7 nitrogen and oxygen atoms in total. The second-order valence-corrected chi connectivity index (χ2v) is 7.25. The highest BCUT2D eigenvalue weighted by atomic mass is 16.5. The van der Waals surface area contributed by atoms with Crippen LogP contribution in [0.5, 0.6) is 0 Å². The molecule has 0 aliphatic heterocycles. The Labute approximate surface area is 188 Å². The molecule has 0 atom stereocenters. The Kier molecular flexibility index (Phi) is 5.20. The van der Waals surface area contributed by atoms with Gasteiger partial charge in [-0.25, -0.2) is 10.2 Å². The maximum absolute atomic E-state index is 12.5.